The molecular weight excluding hydrogens is 467 g/mol. The van der Waals surface area contributed by atoms with Gasteiger partial charge in [0.05, 0.1) is 23.3 Å². The van der Waals surface area contributed by atoms with Gasteiger partial charge in [-0.1, -0.05) is 6.92 Å². The van der Waals surface area contributed by atoms with Crippen LogP contribution in [0.15, 0.2) is 42.7 Å². The van der Waals surface area contributed by atoms with Gasteiger partial charge in [0, 0.05) is 13.2 Å². The van der Waals surface area contributed by atoms with Gasteiger partial charge >= 0.3 is 12.4 Å². The van der Waals surface area contributed by atoms with Crippen LogP contribution in [0.4, 0.5) is 35.0 Å². The van der Waals surface area contributed by atoms with Gasteiger partial charge in [0.15, 0.2) is 0 Å². The molecule has 10 nitrogen and oxygen atoms in total. The highest BCUT2D eigenvalue weighted by molar-refractivity contribution is 7.90. The molecule has 1 spiro atoms. The summed E-state index contributed by atoms with van der Waals surface area (Å²) in [5.74, 6) is -1.31. The Morgan fingerprint density at radius 1 is 1.18 bits per heavy atom. The fourth-order valence-electron chi connectivity index (χ4n) is 3.86. The Hall–Kier alpha value is -3.39. The Morgan fingerprint density at radius 3 is 2.36 bits per heavy atom. The van der Waals surface area contributed by atoms with Crippen LogP contribution in [0.5, 0.6) is 5.75 Å². The number of ether oxygens (including phenoxy) is 1. The molecule has 2 unspecified atom stereocenters. The Labute approximate surface area is 186 Å². The maximum Gasteiger partial charge on any atom is 0.573 e. The van der Waals surface area contributed by atoms with Gasteiger partial charge < -0.3 is 4.74 Å². The Morgan fingerprint density at radius 2 is 1.82 bits per heavy atom. The summed E-state index contributed by atoms with van der Waals surface area (Å²) in [7, 11) is -2.76. The number of aromatic nitrogens is 1. The third kappa shape index (κ3) is 3.95. The Balaban J connectivity index is 1.73. The lowest BCUT2D eigenvalue weighted by atomic mass is 10.1. The van der Waals surface area contributed by atoms with Crippen LogP contribution in [0, 0.1) is 5.92 Å². The summed E-state index contributed by atoms with van der Waals surface area (Å²) in [6.45, 7) is 1.76. The zero-order chi connectivity index (χ0) is 24.2. The molecule has 2 heterocycles. The summed E-state index contributed by atoms with van der Waals surface area (Å²) in [5, 5.41) is 0. The number of alkyl halides is 3. The molecule has 1 aliphatic heterocycles. The zero-order valence-electron chi connectivity index (χ0n) is 17.3. The van der Waals surface area contributed by atoms with E-state index in [0.29, 0.717) is 6.42 Å². The standard InChI is InChI=1S/C19H18F3N5O5S/c1-11-9-18(11)16(28)26(12-3-5-13(6-4-12)32-19(20,21)22)17(29)27(18)15-7-8-24-10-14(15)25-33(30,31)23-2/h3-8,10-11,23,25H,9H2,1-2H3. The summed E-state index contributed by atoms with van der Waals surface area (Å²) in [5.41, 5.74) is -1.11. The van der Waals surface area contributed by atoms with E-state index in [4.69, 9.17) is 0 Å². The van der Waals surface area contributed by atoms with Crippen LogP contribution in [-0.4, -0.2) is 44.3 Å². The van der Waals surface area contributed by atoms with Gasteiger partial charge in [-0.3, -0.25) is 19.4 Å². The second kappa shape index (κ2) is 7.59. The van der Waals surface area contributed by atoms with Crippen molar-refractivity contribution in [2.24, 2.45) is 5.92 Å². The molecule has 1 aliphatic carbocycles. The highest BCUT2D eigenvalue weighted by Crippen LogP contribution is 2.56. The highest BCUT2D eigenvalue weighted by atomic mass is 32.2. The maximum absolute atomic E-state index is 13.4. The molecular formula is C19H18F3N5O5S. The summed E-state index contributed by atoms with van der Waals surface area (Å²) < 4.78 is 69.5. The van der Waals surface area contributed by atoms with Crippen LogP contribution in [0.25, 0.3) is 0 Å². The number of urea groups is 1. The third-order valence-corrected chi connectivity index (χ3v) is 6.53. The molecule has 2 N–H and O–H groups in total. The zero-order valence-corrected chi connectivity index (χ0v) is 18.1. The van der Waals surface area contributed by atoms with Crippen molar-refractivity contribution in [3.05, 3.63) is 42.7 Å². The average molecular weight is 485 g/mol. The maximum atomic E-state index is 13.4. The smallest absolute Gasteiger partial charge is 0.406 e. The summed E-state index contributed by atoms with van der Waals surface area (Å²) >= 11 is 0. The van der Waals surface area contributed by atoms with Gasteiger partial charge in [-0.05, 0) is 42.7 Å². The number of pyridine rings is 1. The van der Waals surface area contributed by atoms with E-state index in [-0.39, 0.29) is 23.0 Å². The van der Waals surface area contributed by atoms with Gasteiger partial charge in [-0.25, -0.2) is 14.4 Å². The van der Waals surface area contributed by atoms with E-state index in [0.717, 1.165) is 29.2 Å². The second-order valence-electron chi connectivity index (χ2n) is 7.53. The van der Waals surface area contributed by atoms with Crippen LogP contribution in [-0.2, 0) is 15.0 Å². The lowest BCUT2D eigenvalue weighted by molar-refractivity contribution is -0.274. The van der Waals surface area contributed by atoms with Crippen molar-refractivity contribution in [2.75, 3.05) is 21.6 Å². The Bertz CT molecular complexity index is 1220. The first-order valence-electron chi connectivity index (χ1n) is 9.59. The van der Waals surface area contributed by atoms with Crippen LogP contribution in [0.1, 0.15) is 13.3 Å². The van der Waals surface area contributed by atoms with E-state index < -0.39 is 39.8 Å². The van der Waals surface area contributed by atoms with Gasteiger partial charge in [-0.2, -0.15) is 8.42 Å². The number of rotatable bonds is 6. The average Bonchev–Trinajstić information content (AvgIpc) is 3.35. The van der Waals surface area contributed by atoms with Crippen molar-refractivity contribution < 1.29 is 35.9 Å². The second-order valence-corrected chi connectivity index (χ2v) is 9.15. The van der Waals surface area contributed by atoms with E-state index >= 15 is 0 Å². The molecule has 0 radical (unpaired) electrons. The normalized spacial score (nSPS) is 22.8. The topological polar surface area (TPSA) is 121 Å². The molecule has 1 saturated heterocycles. The number of hydrogen-bond acceptors (Lipinski definition) is 6. The molecule has 0 bridgehead atoms. The van der Waals surface area contributed by atoms with Gasteiger partial charge in [0.1, 0.15) is 11.3 Å². The predicted molar refractivity (Wildman–Crippen MR) is 111 cm³/mol. The quantitative estimate of drug-likeness (QED) is 0.607. The fraction of sp³-hybridized carbons (Fsp3) is 0.316. The van der Waals surface area contributed by atoms with E-state index in [9.17, 15) is 31.2 Å². The monoisotopic (exact) mass is 485 g/mol. The summed E-state index contributed by atoms with van der Waals surface area (Å²) in [6, 6.07) is 4.94. The minimum Gasteiger partial charge on any atom is -0.406 e. The molecule has 2 fully saturated rings. The minimum atomic E-state index is -4.89. The molecule has 4 rings (SSSR count). The van der Waals surface area contributed by atoms with Crippen LogP contribution in [0.3, 0.4) is 0 Å². The van der Waals surface area contributed by atoms with Crippen molar-refractivity contribution in [1.29, 1.82) is 0 Å². The van der Waals surface area contributed by atoms with Crippen molar-refractivity contribution in [3.8, 4) is 5.75 Å². The molecule has 176 valence electrons. The predicted octanol–water partition coefficient (Wildman–Crippen LogP) is 2.61. The van der Waals surface area contributed by atoms with Crippen LogP contribution >= 0.6 is 0 Å². The summed E-state index contributed by atoms with van der Waals surface area (Å²) in [6.07, 6.45) is -2.01. The SMILES string of the molecule is CNS(=O)(=O)Nc1cnccc1N1C(=O)N(c2ccc(OC(F)(F)F)cc2)C(=O)C12CC2C. The number of nitrogens with one attached hydrogen (secondary N) is 2. The molecule has 1 aromatic carbocycles. The fourth-order valence-corrected chi connectivity index (χ4v) is 4.41. The summed E-state index contributed by atoms with van der Waals surface area (Å²) in [4.78, 5) is 32.7. The van der Waals surface area contributed by atoms with E-state index in [1.165, 1.54) is 30.4 Å². The van der Waals surface area contributed by atoms with Crippen LogP contribution < -0.4 is 24.0 Å². The van der Waals surface area contributed by atoms with Crippen molar-refractivity contribution in [2.45, 2.75) is 25.2 Å². The van der Waals surface area contributed by atoms with Crippen LogP contribution in [0.2, 0.25) is 0 Å². The number of anilines is 3. The minimum absolute atomic E-state index is 0.0257. The van der Waals surface area contributed by atoms with E-state index in [1.807, 2.05) is 0 Å². The number of benzene rings is 1. The highest BCUT2D eigenvalue weighted by Gasteiger charge is 2.70. The first-order chi connectivity index (χ1) is 15.4. The number of halogens is 3. The molecule has 3 amide bonds. The van der Waals surface area contributed by atoms with Gasteiger partial charge in [-0.15, -0.1) is 13.2 Å². The van der Waals surface area contributed by atoms with Gasteiger partial charge in [0.2, 0.25) is 0 Å². The Kier molecular flexibility index (Phi) is 5.24. The lowest BCUT2D eigenvalue weighted by Crippen LogP contribution is -2.39. The molecule has 2 aliphatic rings. The number of carbonyl (C=O) groups excluding carboxylic acids is 2. The molecule has 33 heavy (non-hydrogen) atoms. The van der Waals surface area contributed by atoms with Crippen molar-refractivity contribution in [1.82, 2.24) is 9.71 Å². The first-order valence-corrected chi connectivity index (χ1v) is 11.1. The molecule has 2 aromatic rings. The molecule has 1 saturated carbocycles. The largest absolute Gasteiger partial charge is 0.573 e. The number of carbonyl (C=O) groups is 2. The third-order valence-electron chi connectivity index (χ3n) is 5.51. The van der Waals surface area contributed by atoms with Crippen molar-refractivity contribution >= 4 is 39.2 Å². The molecule has 14 heteroatoms. The lowest BCUT2D eigenvalue weighted by Gasteiger charge is -2.24. The number of hydrogen-bond donors (Lipinski definition) is 2. The number of amides is 3. The molecule has 1 aromatic heterocycles. The van der Waals surface area contributed by atoms with E-state index in [1.54, 1.807) is 6.92 Å². The van der Waals surface area contributed by atoms with E-state index in [2.05, 4.69) is 19.2 Å². The molecule has 2 atom stereocenters. The number of nitrogens with zero attached hydrogens (tertiary/aromatic N) is 3. The first kappa shape index (κ1) is 22.8. The van der Waals surface area contributed by atoms with Gasteiger partial charge in [0.25, 0.3) is 16.1 Å². The van der Waals surface area contributed by atoms with Crippen molar-refractivity contribution in [3.63, 3.8) is 0 Å². The number of imide groups is 1.